The molecule has 0 saturated carbocycles. The normalized spacial score (nSPS) is 11.2. The second-order valence-corrected chi connectivity index (χ2v) is 10.5. The van der Waals surface area contributed by atoms with Crippen LogP contribution in [0.5, 0.6) is 0 Å². The maximum absolute atomic E-state index is 5.36. The summed E-state index contributed by atoms with van der Waals surface area (Å²) in [6, 6.07) is 0. The monoisotopic (exact) mass is 457 g/mol. The van der Waals surface area contributed by atoms with E-state index in [-0.39, 0.29) is 0 Å². The molecule has 0 heterocycles. The van der Waals surface area contributed by atoms with Gasteiger partial charge in [-0.15, -0.1) is 12.6 Å². The Kier molecular flexibility index (Phi) is 25.7. The fourth-order valence-electron chi connectivity index (χ4n) is 4.24. The van der Waals surface area contributed by atoms with Gasteiger partial charge >= 0.3 is 0 Å². The topological polar surface area (TPSA) is 3.24 Å². The summed E-state index contributed by atoms with van der Waals surface area (Å²) in [6.07, 6.45) is 30.8. The molecule has 0 aromatic carbocycles. The van der Waals surface area contributed by atoms with E-state index in [1.807, 2.05) is 0 Å². The van der Waals surface area contributed by atoms with Crippen LogP contribution in [-0.2, 0) is 0 Å². The van der Waals surface area contributed by atoms with Crippen LogP contribution in [0.4, 0.5) is 0 Å². The maximum atomic E-state index is 5.36. The molecule has 0 N–H and O–H groups in total. The van der Waals surface area contributed by atoms with E-state index in [0.29, 0.717) is 0 Å². The average Bonchev–Trinajstić information content (AvgIpc) is 2.74. The molecule has 0 amide bonds. The van der Waals surface area contributed by atoms with Gasteiger partial charge in [0.25, 0.3) is 0 Å². The SMILES string of the molecule is CCCCCCCCCCCCCN(CCCCCCCCCCCCC)C(=S)S. The van der Waals surface area contributed by atoms with Gasteiger partial charge in [0, 0.05) is 13.1 Å². The first-order chi connectivity index (χ1) is 14.7. The van der Waals surface area contributed by atoms with Crippen LogP contribution in [-0.4, -0.2) is 22.3 Å². The number of thiocarbonyl (C=S) groups is 1. The first kappa shape index (κ1) is 30.2. The lowest BCUT2D eigenvalue weighted by atomic mass is 10.1. The number of hydrogen-bond acceptors (Lipinski definition) is 1. The largest absolute Gasteiger partial charge is 0.358 e. The maximum Gasteiger partial charge on any atom is 0.133 e. The molecule has 0 aromatic rings. The molecular weight excluding hydrogens is 402 g/mol. The molecule has 30 heavy (non-hydrogen) atoms. The zero-order chi connectivity index (χ0) is 22.1. The third-order valence-corrected chi connectivity index (χ3v) is 6.87. The summed E-state index contributed by atoms with van der Waals surface area (Å²) in [5, 5.41) is 0. The van der Waals surface area contributed by atoms with E-state index in [1.165, 1.54) is 141 Å². The van der Waals surface area contributed by atoms with Gasteiger partial charge in [-0.05, 0) is 12.8 Å². The van der Waals surface area contributed by atoms with Gasteiger partial charge in [-0.2, -0.15) is 0 Å². The Morgan fingerprint density at radius 1 is 0.467 bits per heavy atom. The van der Waals surface area contributed by atoms with E-state index in [2.05, 4.69) is 31.4 Å². The molecule has 0 spiro atoms. The molecule has 0 bridgehead atoms. The highest BCUT2D eigenvalue weighted by molar-refractivity contribution is 8.10. The molecule has 0 fully saturated rings. The van der Waals surface area contributed by atoms with Crippen molar-refractivity contribution in [2.45, 2.75) is 155 Å². The first-order valence-corrected chi connectivity index (χ1v) is 14.6. The lowest BCUT2D eigenvalue weighted by Crippen LogP contribution is -2.28. The first-order valence-electron chi connectivity index (χ1n) is 13.7. The van der Waals surface area contributed by atoms with E-state index in [9.17, 15) is 0 Å². The smallest absolute Gasteiger partial charge is 0.133 e. The van der Waals surface area contributed by atoms with Gasteiger partial charge in [0.2, 0.25) is 0 Å². The quantitative estimate of drug-likeness (QED) is 0.0872. The fourth-order valence-corrected chi connectivity index (χ4v) is 4.62. The highest BCUT2D eigenvalue weighted by Crippen LogP contribution is 2.14. The lowest BCUT2D eigenvalue weighted by molar-refractivity contribution is 0.394. The van der Waals surface area contributed by atoms with E-state index in [0.717, 1.165) is 17.4 Å². The second-order valence-electron chi connectivity index (χ2n) is 9.34. The summed E-state index contributed by atoms with van der Waals surface area (Å²) >= 11 is 9.83. The Bertz CT molecular complexity index is 320. The van der Waals surface area contributed by atoms with Crippen LogP contribution in [0, 0.1) is 0 Å². The van der Waals surface area contributed by atoms with Crippen molar-refractivity contribution in [3.63, 3.8) is 0 Å². The third-order valence-electron chi connectivity index (χ3n) is 6.33. The average molecular weight is 458 g/mol. The van der Waals surface area contributed by atoms with Gasteiger partial charge in [-0.1, -0.05) is 154 Å². The van der Waals surface area contributed by atoms with Gasteiger partial charge < -0.3 is 4.90 Å². The zero-order valence-corrected chi connectivity index (χ0v) is 22.5. The number of hydrogen-bond donors (Lipinski definition) is 1. The summed E-state index contributed by atoms with van der Waals surface area (Å²) in [5.74, 6) is 0. The summed E-state index contributed by atoms with van der Waals surface area (Å²) in [4.78, 5) is 2.33. The van der Waals surface area contributed by atoms with Gasteiger partial charge in [0.15, 0.2) is 0 Å². The minimum absolute atomic E-state index is 0.800. The molecule has 0 aliphatic rings. The predicted octanol–water partition coefficient (Wildman–Crippen LogP) is 10.1. The minimum atomic E-state index is 0.800. The summed E-state index contributed by atoms with van der Waals surface area (Å²) in [7, 11) is 0. The molecule has 0 atom stereocenters. The molecule has 0 radical (unpaired) electrons. The van der Waals surface area contributed by atoms with Crippen LogP contribution < -0.4 is 0 Å². The molecule has 0 aromatic heterocycles. The molecule has 1 nitrogen and oxygen atoms in total. The minimum Gasteiger partial charge on any atom is -0.358 e. The van der Waals surface area contributed by atoms with Crippen molar-refractivity contribution in [1.29, 1.82) is 0 Å². The van der Waals surface area contributed by atoms with E-state index in [4.69, 9.17) is 12.2 Å². The molecular formula is C27H55NS2. The highest BCUT2D eigenvalue weighted by Gasteiger charge is 2.05. The van der Waals surface area contributed by atoms with Crippen molar-refractivity contribution >= 4 is 29.2 Å². The third kappa shape index (κ3) is 22.9. The molecule has 0 rings (SSSR count). The van der Waals surface area contributed by atoms with E-state index >= 15 is 0 Å². The van der Waals surface area contributed by atoms with E-state index in [1.54, 1.807) is 0 Å². The van der Waals surface area contributed by atoms with Gasteiger partial charge in [0.1, 0.15) is 4.32 Å². The highest BCUT2D eigenvalue weighted by atomic mass is 32.1. The standard InChI is InChI=1S/C27H55NS2/c1-3-5-7-9-11-13-15-17-19-21-23-25-28(27(29)30)26-24-22-20-18-16-14-12-10-8-6-4-2/h3-26H2,1-2H3,(H,29,30). The molecule has 3 heteroatoms. The molecule has 0 saturated heterocycles. The number of rotatable bonds is 24. The summed E-state index contributed by atoms with van der Waals surface area (Å²) < 4.78 is 0.800. The van der Waals surface area contributed by atoms with Crippen LogP contribution in [0.25, 0.3) is 0 Å². The van der Waals surface area contributed by atoms with Gasteiger partial charge in [-0.3, -0.25) is 0 Å². The van der Waals surface area contributed by atoms with Crippen molar-refractivity contribution in [3.05, 3.63) is 0 Å². The summed E-state index contributed by atoms with van der Waals surface area (Å²) in [5.41, 5.74) is 0. The Morgan fingerprint density at radius 2 is 0.700 bits per heavy atom. The zero-order valence-electron chi connectivity index (χ0n) is 20.8. The van der Waals surface area contributed by atoms with Crippen LogP contribution in [0.15, 0.2) is 0 Å². The van der Waals surface area contributed by atoms with Crippen molar-refractivity contribution in [1.82, 2.24) is 4.90 Å². The summed E-state index contributed by atoms with van der Waals surface area (Å²) in [6.45, 7) is 6.80. The Morgan fingerprint density at radius 3 is 0.933 bits per heavy atom. The van der Waals surface area contributed by atoms with E-state index < -0.39 is 0 Å². The predicted molar refractivity (Wildman–Crippen MR) is 146 cm³/mol. The molecule has 180 valence electrons. The van der Waals surface area contributed by atoms with Crippen LogP contribution in [0.1, 0.15) is 155 Å². The number of nitrogens with zero attached hydrogens (tertiary/aromatic N) is 1. The Balaban J connectivity index is 3.43. The van der Waals surface area contributed by atoms with Crippen molar-refractivity contribution in [2.75, 3.05) is 13.1 Å². The van der Waals surface area contributed by atoms with Crippen molar-refractivity contribution < 1.29 is 0 Å². The molecule has 0 unspecified atom stereocenters. The fraction of sp³-hybridized carbons (Fsp3) is 0.963. The molecule has 0 aliphatic heterocycles. The second kappa shape index (κ2) is 25.5. The number of thiol groups is 1. The lowest BCUT2D eigenvalue weighted by Gasteiger charge is -2.22. The Labute approximate surface area is 202 Å². The molecule has 0 aliphatic carbocycles. The Hall–Kier alpha value is 0.240. The van der Waals surface area contributed by atoms with Crippen molar-refractivity contribution in [2.24, 2.45) is 0 Å². The van der Waals surface area contributed by atoms with Gasteiger partial charge in [0.05, 0.1) is 0 Å². The van der Waals surface area contributed by atoms with Crippen molar-refractivity contribution in [3.8, 4) is 0 Å². The van der Waals surface area contributed by atoms with Gasteiger partial charge in [-0.25, -0.2) is 0 Å². The number of unbranched alkanes of at least 4 members (excludes halogenated alkanes) is 20. The van der Waals surface area contributed by atoms with Crippen LogP contribution in [0.3, 0.4) is 0 Å². The van der Waals surface area contributed by atoms with Crippen LogP contribution in [0.2, 0.25) is 0 Å². The van der Waals surface area contributed by atoms with Crippen LogP contribution >= 0.6 is 24.8 Å².